The average Bonchev–Trinajstić information content (AvgIpc) is 2.95. The van der Waals surface area contributed by atoms with E-state index in [4.69, 9.17) is 0 Å². The molecule has 0 amide bonds. The van der Waals surface area contributed by atoms with Gasteiger partial charge in [-0.05, 0) is 37.0 Å². The fourth-order valence-electron chi connectivity index (χ4n) is 2.93. The fourth-order valence-corrected chi connectivity index (χ4v) is 3.37. The van der Waals surface area contributed by atoms with Crippen LogP contribution in [0.3, 0.4) is 0 Å². The first-order valence-corrected chi connectivity index (χ1v) is 9.16. The zero-order chi connectivity index (χ0) is 18.3. The lowest BCUT2D eigenvalue weighted by Crippen LogP contribution is -2.45. The summed E-state index contributed by atoms with van der Waals surface area (Å²) in [6.45, 7) is 0.754. The van der Waals surface area contributed by atoms with Gasteiger partial charge in [-0.1, -0.05) is 28.1 Å². The number of hydrogen-bond donors (Lipinski definition) is 2. The summed E-state index contributed by atoms with van der Waals surface area (Å²) < 4.78 is 38.4. The molecular weight excluding hydrogens is 524 g/mol. The van der Waals surface area contributed by atoms with Gasteiger partial charge < -0.3 is 10.6 Å². The summed E-state index contributed by atoms with van der Waals surface area (Å²) in [7, 11) is 1.67. The molecule has 2 N–H and O–H groups in total. The Bertz CT molecular complexity index is 583. The minimum absolute atomic E-state index is 0. The smallest absolute Gasteiger partial charge is 0.356 e. The highest BCUT2D eigenvalue weighted by Crippen LogP contribution is 2.19. The fraction of sp³-hybridized carbons (Fsp3) is 0.588. The number of aliphatic imine (C=N–C) groups is 1. The molecule has 9 heteroatoms. The second kappa shape index (κ2) is 11.3. The van der Waals surface area contributed by atoms with Crippen molar-refractivity contribution in [3.05, 3.63) is 34.3 Å². The van der Waals surface area contributed by atoms with Gasteiger partial charge in [-0.15, -0.1) is 24.0 Å². The van der Waals surface area contributed by atoms with Gasteiger partial charge >= 0.3 is 6.18 Å². The van der Waals surface area contributed by atoms with E-state index in [9.17, 15) is 13.2 Å². The molecule has 4 nitrogen and oxygen atoms in total. The van der Waals surface area contributed by atoms with Crippen molar-refractivity contribution in [1.29, 1.82) is 0 Å². The van der Waals surface area contributed by atoms with Gasteiger partial charge in [0.1, 0.15) is 0 Å². The number of aryl methyl sites for hydroxylation is 1. The molecule has 1 aliphatic rings. The number of hydrogen-bond acceptors (Lipinski definition) is 2. The van der Waals surface area contributed by atoms with Crippen LogP contribution in [-0.4, -0.2) is 56.3 Å². The Labute approximate surface area is 178 Å². The monoisotopic (exact) mass is 548 g/mol. The topological polar surface area (TPSA) is 39.7 Å². The Morgan fingerprint density at radius 3 is 2.81 bits per heavy atom. The molecule has 1 aliphatic heterocycles. The Balaban J connectivity index is 0.00000338. The van der Waals surface area contributed by atoms with Crippen LogP contribution in [0.25, 0.3) is 0 Å². The first kappa shape index (κ1) is 23.5. The van der Waals surface area contributed by atoms with E-state index in [-0.39, 0.29) is 30.0 Å². The van der Waals surface area contributed by atoms with Gasteiger partial charge in [0.25, 0.3) is 0 Å². The zero-order valence-corrected chi connectivity index (χ0v) is 18.6. The summed E-state index contributed by atoms with van der Waals surface area (Å²) in [5.74, 6) is 0.646. The third-order valence-corrected chi connectivity index (χ3v) is 4.56. The van der Waals surface area contributed by atoms with E-state index in [2.05, 4.69) is 43.7 Å². The quantitative estimate of drug-likeness (QED) is 0.246. The number of benzene rings is 1. The van der Waals surface area contributed by atoms with E-state index in [1.165, 1.54) is 10.5 Å². The van der Waals surface area contributed by atoms with E-state index < -0.39 is 12.7 Å². The van der Waals surface area contributed by atoms with E-state index in [0.29, 0.717) is 25.5 Å². The van der Waals surface area contributed by atoms with Crippen molar-refractivity contribution in [3.8, 4) is 0 Å². The highest BCUT2D eigenvalue weighted by atomic mass is 127. The van der Waals surface area contributed by atoms with Crippen LogP contribution in [0.1, 0.15) is 18.4 Å². The minimum atomic E-state index is -4.14. The summed E-state index contributed by atoms with van der Waals surface area (Å²) in [6.07, 6.45) is -1.55. The molecule has 0 radical (unpaired) electrons. The Kier molecular flexibility index (Phi) is 10.2. The molecule has 0 spiro atoms. The van der Waals surface area contributed by atoms with Gasteiger partial charge in [0.2, 0.25) is 0 Å². The lowest BCUT2D eigenvalue weighted by molar-refractivity contribution is -0.143. The standard InChI is InChI=1S/C17H24BrF3N4.HI/c1-22-16(23-8-3-5-13-4-2-6-14(18)10-13)24-15-7-9-25(11-15)12-17(19,20)21;/h2,4,6,10,15H,3,5,7-9,11-12H2,1H3,(H2,22,23,24);1H. The van der Waals surface area contributed by atoms with Crippen molar-refractivity contribution < 1.29 is 13.2 Å². The summed E-state index contributed by atoms with van der Waals surface area (Å²) in [5, 5.41) is 6.44. The zero-order valence-electron chi connectivity index (χ0n) is 14.7. The first-order chi connectivity index (χ1) is 11.9. The molecule has 1 aromatic rings. The van der Waals surface area contributed by atoms with Crippen LogP contribution < -0.4 is 10.6 Å². The van der Waals surface area contributed by atoms with Crippen LogP contribution in [0, 0.1) is 0 Å². The van der Waals surface area contributed by atoms with Gasteiger partial charge in [-0.25, -0.2) is 0 Å². The third kappa shape index (κ3) is 8.90. The molecule has 0 aliphatic carbocycles. The Morgan fingerprint density at radius 1 is 1.38 bits per heavy atom. The second-order valence-electron chi connectivity index (χ2n) is 6.21. The Morgan fingerprint density at radius 2 is 2.15 bits per heavy atom. The van der Waals surface area contributed by atoms with Crippen molar-refractivity contribution >= 4 is 45.9 Å². The number of nitrogens with zero attached hydrogens (tertiary/aromatic N) is 2. The maximum Gasteiger partial charge on any atom is 0.401 e. The first-order valence-electron chi connectivity index (χ1n) is 8.36. The molecule has 1 heterocycles. The highest BCUT2D eigenvalue weighted by Gasteiger charge is 2.34. The Hall–Kier alpha value is -0.550. The predicted octanol–water partition coefficient (Wildman–Crippen LogP) is 3.80. The normalized spacial score (nSPS) is 18.5. The number of alkyl halides is 3. The van der Waals surface area contributed by atoms with Crippen molar-refractivity contribution in [3.63, 3.8) is 0 Å². The molecule has 0 bridgehead atoms. The maximum absolute atomic E-state index is 12.4. The predicted molar refractivity (Wildman–Crippen MR) is 113 cm³/mol. The summed E-state index contributed by atoms with van der Waals surface area (Å²) in [6, 6.07) is 8.20. The summed E-state index contributed by atoms with van der Waals surface area (Å²) >= 11 is 3.46. The van der Waals surface area contributed by atoms with Gasteiger partial charge in [0.15, 0.2) is 5.96 Å². The van der Waals surface area contributed by atoms with Crippen molar-refractivity contribution in [1.82, 2.24) is 15.5 Å². The van der Waals surface area contributed by atoms with E-state index in [0.717, 1.165) is 23.9 Å². The van der Waals surface area contributed by atoms with Crippen LogP contribution >= 0.6 is 39.9 Å². The number of rotatable bonds is 6. The molecule has 148 valence electrons. The summed E-state index contributed by atoms with van der Waals surface area (Å²) in [5.41, 5.74) is 1.26. The van der Waals surface area contributed by atoms with Crippen LogP contribution in [0.4, 0.5) is 13.2 Å². The number of guanidine groups is 1. The third-order valence-electron chi connectivity index (χ3n) is 4.06. The largest absolute Gasteiger partial charge is 0.401 e. The van der Waals surface area contributed by atoms with Gasteiger partial charge in [0.05, 0.1) is 6.54 Å². The molecule has 0 saturated carbocycles. The highest BCUT2D eigenvalue weighted by molar-refractivity contribution is 14.0. The van der Waals surface area contributed by atoms with E-state index in [1.54, 1.807) is 7.05 Å². The van der Waals surface area contributed by atoms with Crippen LogP contribution in [-0.2, 0) is 6.42 Å². The number of likely N-dealkylation sites (tertiary alicyclic amines) is 1. The SMILES string of the molecule is CN=C(NCCCc1cccc(Br)c1)NC1CCN(CC(F)(F)F)C1.I. The average molecular weight is 549 g/mol. The van der Waals surface area contributed by atoms with Crippen LogP contribution in [0.15, 0.2) is 33.7 Å². The number of nitrogens with one attached hydrogen (secondary N) is 2. The maximum atomic E-state index is 12.4. The van der Waals surface area contributed by atoms with E-state index >= 15 is 0 Å². The minimum Gasteiger partial charge on any atom is -0.356 e. The van der Waals surface area contributed by atoms with Gasteiger partial charge in [-0.3, -0.25) is 9.89 Å². The molecule has 1 unspecified atom stereocenters. The molecule has 0 aromatic heterocycles. The van der Waals surface area contributed by atoms with Crippen LogP contribution in [0.2, 0.25) is 0 Å². The number of halogens is 5. The van der Waals surface area contributed by atoms with Gasteiger partial charge in [-0.2, -0.15) is 13.2 Å². The molecule has 1 atom stereocenters. The summed E-state index contributed by atoms with van der Waals surface area (Å²) in [4.78, 5) is 5.58. The van der Waals surface area contributed by atoms with Gasteiger partial charge in [0, 0.05) is 37.2 Å². The molecule has 26 heavy (non-hydrogen) atoms. The molecule has 1 fully saturated rings. The lowest BCUT2D eigenvalue weighted by atomic mass is 10.1. The molecule has 1 saturated heterocycles. The van der Waals surface area contributed by atoms with Crippen molar-refractivity contribution in [2.75, 3.05) is 33.2 Å². The molecule has 1 aromatic carbocycles. The molecule has 2 rings (SSSR count). The van der Waals surface area contributed by atoms with Crippen molar-refractivity contribution in [2.24, 2.45) is 4.99 Å². The van der Waals surface area contributed by atoms with Crippen LogP contribution in [0.5, 0.6) is 0 Å². The second-order valence-corrected chi connectivity index (χ2v) is 7.13. The molecular formula is C17H25BrF3IN4. The van der Waals surface area contributed by atoms with E-state index in [1.807, 2.05) is 12.1 Å². The lowest BCUT2D eigenvalue weighted by Gasteiger charge is -2.19. The van der Waals surface area contributed by atoms with Crippen molar-refractivity contribution in [2.45, 2.75) is 31.5 Å².